The third-order valence-electron chi connectivity index (χ3n) is 1.40. The molecule has 0 heterocycles. The summed E-state index contributed by atoms with van der Waals surface area (Å²) in [6.07, 6.45) is 0. The summed E-state index contributed by atoms with van der Waals surface area (Å²) in [6.45, 7) is 0. The van der Waals surface area contributed by atoms with Gasteiger partial charge in [-0.25, -0.2) is 0 Å². The molecule has 0 amide bonds. The Hall–Kier alpha value is -0.845. The molecule has 0 saturated carbocycles. The highest BCUT2D eigenvalue weighted by Gasteiger charge is 1.92. The molecule has 0 spiro atoms. The molecule has 0 fully saturated rings. The summed E-state index contributed by atoms with van der Waals surface area (Å²) >= 11 is 0. The maximum atomic E-state index is 5.57. The van der Waals surface area contributed by atoms with Gasteiger partial charge < -0.3 is 0 Å². The van der Waals surface area contributed by atoms with Crippen molar-refractivity contribution in [3.05, 3.63) is 41.3 Å². The van der Waals surface area contributed by atoms with E-state index in [2.05, 4.69) is 0 Å². The van der Waals surface area contributed by atoms with E-state index in [0.717, 1.165) is 5.56 Å². The monoisotopic (exact) mass is 134 g/mol. The molecule has 0 nitrogen and oxygen atoms in total. The van der Waals surface area contributed by atoms with Gasteiger partial charge in [-0.15, -0.1) is 5.47 Å². The third kappa shape index (κ3) is 2.04. The Morgan fingerprint density at radius 3 is 1.91 bits per heavy atom. The quantitative estimate of drug-likeness (QED) is 0.498. The lowest BCUT2D eigenvalue weighted by Crippen LogP contribution is -1.90. The second-order valence-electron chi connectivity index (χ2n) is 2.24. The Kier molecular flexibility index (Phi) is 2.64. The summed E-state index contributed by atoms with van der Waals surface area (Å²) in [5, 5.41) is 0.163. The molecule has 0 aliphatic heterocycles. The summed E-state index contributed by atoms with van der Waals surface area (Å²) in [4.78, 5) is 0. The average Bonchev–Trinajstić information content (AvgIpc) is 2.05. The first-order chi connectivity index (χ1) is 5.22. The molecule has 0 N–H and O–H groups in total. The van der Waals surface area contributed by atoms with E-state index < -0.39 is 0 Å². The normalized spacial score (nSPS) is 9.09. The highest BCUT2D eigenvalue weighted by molar-refractivity contribution is 6.60. The van der Waals surface area contributed by atoms with E-state index in [1.807, 2.05) is 30.3 Å². The van der Waals surface area contributed by atoms with E-state index in [1.54, 1.807) is 0 Å². The summed E-state index contributed by atoms with van der Waals surface area (Å²) in [6, 6.07) is 9.38. The van der Waals surface area contributed by atoms with E-state index in [-0.39, 0.29) is 5.37 Å². The highest BCUT2D eigenvalue weighted by atomic mass is 13.9. The first-order valence-corrected chi connectivity index (χ1v) is 3.28. The molecule has 1 rings (SSSR count). The largest absolute Gasteiger partial charge is 0.167 e. The Balaban J connectivity index is 3.04. The molecule has 0 aliphatic rings. The SMILES string of the molecule is [B]C([B])=C([B])c1ccccc1. The first-order valence-electron chi connectivity index (χ1n) is 3.28. The fraction of sp³-hybridized carbons (Fsp3) is 0. The van der Waals surface area contributed by atoms with Gasteiger partial charge in [0.25, 0.3) is 0 Å². The molecular formula is C8H5B3. The molecule has 0 aromatic heterocycles. The van der Waals surface area contributed by atoms with Crippen molar-refractivity contribution in [3.63, 3.8) is 0 Å². The van der Waals surface area contributed by atoms with Gasteiger partial charge in [-0.1, -0.05) is 30.3 Å². The van der Waals surface area contributed by atoms with E-state index in [4.69, 9.17) is 23.5 Å². The van der Waals surface area contributed by atoms with Gasteiger partial charge in [-0.05, 0) is 5.56 Å². The van der Waals surface area contributed by atoms with Gasteiger partial charge in [0.2, 0.25) is 0 Å². The first kappa shape index (κ1) is 8.25. The van der Waals surface area contributed by atoms with Crippen molar-refractivity contribution in [1.29, 1.82) is 0 Å². The van der Waals surface area contributed by atoms with E-state index >= 15 is 0 Å². The molecule has 6 radical (unpaired) electrons. The summed E-state index contributed by atoms with van der Waals surface area (Å²) in [5.74, 6) is 0. The van der Waals surface area contributed by atoms with Crippen LogP contribution in [0.25, 0.3) is 5.47 Å². The van der Waals surface area contributed by atoms with Crippen LogP contribution < -0.4 is 0 Å². The Bertz CT molecular complexity index is 260. The maximum Gasteiger partial charge on any atom is 0.112 e. The van der Waals surface area contributed by atoms with Crippen molar-refractivity contribution >= 4 is 29.0 Å². The van der Waals surface area contributed by atoms with E-state index in [9.17, 15) is 0 Å². The van der Waals surface area contributed by atoms with Crippen molar-refractivity contribution in [2.75, 3.05) is 0 Å². The van der Waals surface area contributed by atoms with Crippen LogP contribution in [0, 0.1) is 0 Å². The fourth-order valence-electron chi connectivity index (χ4n) is 0.784. The molecule has 1 aromatic carbocycles. The summed E-state index contributed by atoms with van der Waals surface area (Å²) < 4.78 is 0. The van der Waals surface area contributed by atoms with Gasteiger partial charge in [0.05, 0.1) is 15.7 Å². The topological polar surface area (TPSA) is 0 Å². The Labute approximate surface area is 70.9 Å². The minimum absolute atomic E-state index is 0.163. The van der Waals surface area contributed by atoms with Crippen molar-refractivity contribution in [3.8, 4) is 0 Å². The predicted molar refractivity (Wildman–Crippen MR) is 50.6 cm³/mol. The standard InChI is InChI=1S/C8H5B3/c9-7(8(10)11)6-4-2-1-3-5-6/h1-5H. The van der Waals surface area contributed by atoms with Gasteiger partial charge >= 0.3 is 0 Å². The van der Waals surface area contributed by atoms with Crippen LogP contribution in [0.2, 0.25) is 0 Å². The van der Waals surface area contributed by atoms with Crippen LogP contribution in [0.1, 0.15) is 5.56 Å². The number of rotatable bonds is 1. The van der Waals surface area contributed by atoms with Gasteiger partial charge in [0.15, 0.2) is 0 Å². The van der Waals surface area contributed by atoms with Gasteiger partial charge in [0, 0.05) is 0 Å². The second-order valence-corrected chi connectivity index (χ2v) is 2.24. The molecule has 0 bridgehead atoms. The number of hydrogen-bond donors (Lipinski definition) is 0. The Morgan fingerprint density at radius 2 is 1.45 bits per heavy atom. The maximum absolute atomic E-state index is 5.57. The van der Waals surface area contributed by atoms with Crippen LogP contribution in [-0.2, 0) is 0 Å². The molecular weight excluding hydrogens is 129 g/mol. The highest BCUT2D eigenvalue weighted by Crippen LogP contribution is 2.10. The van der Waals surface area contributed by atoms with Crippen molar-refractivity contribution in [1.82, 2.24) is 0 Å². The van der Waals surface area contributed by atoms with Crippen LogP contribution in [0.3, 0.4) is 0 Å². The van der Waals surface area contributed by atoms with E-state index in [1.165, 1.54) is 0 Å². The molecule has 0 aliphatic carbocycles. The lowest BCUT2D eigenvalue weighted by Gasteiger charge is -2.03. The Morgan fingerprint density at radius 1 is 0.909 bits per heavy atom. The average molecular weight is 134 g/mol. The number of hydrogen-bond acceptors (Lipinski definition) is 0. The molecule has 0 saturated heterocycles. The van der Waals surface area contributed by atoms with Crippen LogP contribution >= 0.6 is 0 Å². The fourth-order valence-corrected chi connectivity index (χ4v) is 0.784. The zero-order valence-corrected chi connectivity index (χ0v) is 6.12. The van der Waals surface area contributed by atoms with Crippen molar-refractivity contribution < 1.29 is 0 Å². The predicted octanol–water partition coefficient (Wildman–Crippen LogP) is 0.818. The molecule has 46 valence electrons. The van der Waals surface area contributed by atoms with Crippen LogP contribution in [-0.4, -0.2) is 23.5 Å². The molecule has 1 aromatic rings. The summed E-state index contributed by atoms with van der Waals surface area (Å²) in [5.41, 5.74) is 1.29. The van der Waals surface area contributed by atoms with E-state index in [0.29, 0.717) is 5.47 Å². The number of benzene rings is 1. The molecule has 11 heavy (non-hydrogen) atoms. The molecule has 0 unspecified atom stereocenters. The van der Waals surface area contributed by atoms with Crippen LogP contribution in [0.15, 0.2) is 35.7 Å². The van der Waals surface area contributed by atoms with Crippen LogP contribution in [0.4, 0.5) is 0 Å². The molecule has 3 heteroatoms. The zero-order valence-electron chi connectivity index (χ0n) is 6.12. The minimum atomic E-state index is 0.163. The zero-order chi connectivity index (χ0) is 8.27. The lowest BCUT2D eigenvalue weighted by atomic mass is 9.67. The smallest absolute Gasteiger partial charge is 0.112 e. The molecule has 0 atom stereocenters. The van der Waals surface area contributed by atoms with Crippen molar-refractivity contribution in [2.24, 2.45) is 0 Å². The van der Waals surface area contributed by atoms with Gasteiger partial charge in [-0.3, -0.25) is 0 Å². The van der Waals surface area contributed by atoms with Gasteiger partial charge in [0.1, 0.15) is 7.85 Å². The van der Waals surface area contributed by atoms with Gasteiger partial charge in [-0.2, -0.15) is 5.37 Å². The second kappa shape index (κ2) is 3.52. The summed E-state index contributed by atoms with van der Waals surface area (Å²) in [7, 11) is 16.2. The van der Waals surface area contributed by atoms with Crippen LogP contribution in [0.5, 0.6) is 0 Å². The van der Waals surface area contributed by atoms with Crippen molar-refractivity contribution in [2.45, 2.75) is 0 Å². The lowest BCUT2D eigenvalue weighted by molar-refractivity contribution is 1.65. The third-order valence-corrected chi connectivity index (χ3v) is 1.40. The minimum Gasteiger partial charge on any atom is -0.167 e.